The van der Waals surface area contributed by atoms with Crippen LogP contribution < -0.4 is 4.74 Å². The second-order valence-electron chi connectivity index (χ2n) is 4.09. The molecule has 0 aromatic carbocycles. The van der Waals surface area contributed by atoms with E-state index in [4.69, 9.17) is 9.47 Å². The van der Waals surface area contributed by atoms with Crippen molar-refractivity contribution in [3.05, 3.63) is 22.4 Å². The number of fused-ring (bicyclic) bond motifs is 1. The summed E-state index contributed by atoms with van der Waals surface area (Å²) in [4.78, 5) is 14.1. The first-order valence-electron chi connectivity index (χ1n) is 5.43. The number of nitrogens with one attached hydrogen (secondary N) is 1. The molecule has 2 aromatic heterocycles. The van der Waals surface area contributed by atoms with E-state index in [2.05, 4.69) is 15.2 Å². The predicted octanol–water partition coefficient (Wildman–Crippen LogP) is 0.891. The monoisotopic (exact) mass is 250 g/mol. The minimum absolute atomic E-state index is 0.0827. The van der Waals surface area contributed by atoms with E-state index < -0.39 is 4.92 Å². The Hall–Kier alpha value is -2.22. The number of hydrogen-bond donors (Lipinski definition) is 1. The predicted molar refractivity (Wildman–Crippen MR) is 60.3 cm³/mol. The van der Waals surface area contributed by atoms with Gasteiger partial charge in [-0.15, -0.1) is 5.10 Å². The first-order chi connectivity index (χ1) is 8.74. The van der Waals surface area contributed by atoms with E-state index in [1.807, 2.05) is 0 Å². The van der Waals surface area contributed by atoms with Gasteiger partial charge in [-0.3, -0.25) is 15.2 Å². The van der Waals surface area contributed by atoms with Crippen molar-refractivity contribution in [2.24, 2.45) is 5.92 Å². The Kier molecular flexibility index (Phi) is 2.56. The Morgan fingerprint density at radius 1 is 1.61 bits per heavy atom. The third-order valence-corrected chi connectivity index (χ3v) is 2.74. The maximum Gasteiger partial charge on any atom is 0.288 e. The van der Waals surface area contributed by atoms with Gasteiger partial charge in [0.1, 0.15) is 6.20 Å². The van der Waals surface area contributed by atoms with E-state index in [0.717, 1.165) is 0 Å². The fraction of sp³-hybridized carbons (Fsp3) is 0.400. The molecule has 1 aliphatic rings. The van der Waals surface area contributed by atoms with Crippen molar-refractivity contribution in [3.8, 4) is 5.88 Å². The van der Waals surface area contributed by atoms with Gasteiger partial charge in [0.15, 0.2) is 5.65 Å². The minimum atomic E-state index is -0.497. The van der Waals surface area contributed by atoms with Gasteiger partial charge in [0, 0.05) is 12.0 Å². The van der Waals surface area contributed by atoms with Crippen LogP contribution in [0, 0.1) is 16.0 Å². The summed E-state index contributed by atoms with van der Waals surface area (Å²) in [6, 6.07) is 1.40. The van der Waals surface area contributed by atoms with E-state index in [0.29, 0.717) is 42.7 Å². The number of nitrogens with zero attached hydrogens (tertiary/aromatic N) is 3. The van der Waals surface area contributed by atoms with Crippen molar-refractivity contribution in [2.45, 2.75) is 0 Å². The van der Waals surface area contributed by atoms with Crippen LogP contribution in [0.4, 0.5) is 5.69 Å². The van der Waals surface area contributed by atoms with E-state index in [1.165, 1.54) is 12.3 Å². The van der Waals surface area contributed by atoms with Gasteiger partial charge in [0.05, 0.1) is 30.1 Å². The maximum atomic E-state index is 10.7. The Balaban J connectivity index is 1.86. The number of aromatic nitrogens is 3. The number of rotatable bonds is 4. The van der Waals surface area contributed by atoms with Crippen LogP contribution in [0.15, 0.2) is 12.3 Å². The summed E-state index contributed by atoms with van der Waals surface area (Å²) < 4.78 is 10.5. The lowest BCUT2D eigenvalue weighted by atomic mass is 10.1. The van der Waals surface area contributed by atoms with Crippen LogP contribution in [0.1, 0.15) is 0 Å². The van der Waals surface area contributed by atoms with Crippen molar-refractivity contribution in [1.82, 2.24) is 15.2 Å². The van der Waals surface area contributed by atoms with Crippen LogP contribution in [0.3, 0.4) is 0 Å². The number of aromatic amines is 1. The highest BCUT2D eigenvalue weighted by molar-refractivity contribution is 5.82. The zero-order valence-corrected chi connectivity index (χ0v) is 9.33. The lowest BCUT2D eigenvalue weighted by molar-refractivity contribution is -0.385. The fourth-order valence-electron chi connectivity index (χ4n) is 1.66. The lowest BCUT2D eigenvalue weighted by Gasteiger charge is -2.25. The number of H-pyrrole nitrogens is 1. The van der Waals surface area contributed by atoms with Crippen LogP contribution in [-0.4, -0.2) is 39.9 Å². The van der Waals surface area contributed by atoms with Gasteiger partial charge in [-0.25, -0.2) is 4.98 Å². The summed E-state index contributed by atoms with van der Waals surface area (Å²) in [5.41, 5.74) is 0.390. The van der Waals surface area contributed by atoms with Gasteiger partial charge in [0.2, 0.25) is 5.88 Å². The second-order valence-corrected chi connectivity index (χ2v) is 4.09. The smallest absolute Gasteiger partial charge is 0.288 e. The molecule has 2 aromatic rings. The summed E-state index contributed by atoms with van der Waals surface area (Å²) in [6.07, 6.45) is 1.18. The quantitative estimate of drug-likeness (QED) is 0.638. The number of nitro groups is 1. The van der Waals surface area contributed by atoms with Gasteiger partial charge in [0.25, 0.3) is 5.69 Å². The first-order valence-corrected chi connectivity index (χ1v) is 5.43. The topological polar surface area (TPSA) is 103 Å². The molecular weight excluding hydrogens is 240 g/mol. The molecule has 3 rings (SSSR count). The molecule has 1 N–H and O–H groups in total. The Bertz CT molecular complexity index is 593. The molecule has 0 radical (unpaired) electrons. The van der Waals surface area contributed by atoms with Crippen LogP contribution in [0.25, 0.3) is 11.0 Å². The zero-order valence-electron chi connectivity index (χ0n) is 9.33. The average molecular weight is 250 g/mol. The summed E-state index contributed by atoms with van der Waals surface area (Å²) in [7, 11) is 0. The molecule has 0 spiro atoms. The third-order valence-electron chi connectivity index (χ3n) is 2.74. The van der Waals surface area contributed by atoms with E-state index in [-0.39, 0.29) is 5.69 Å². The van der Waals surface area contributed by atoms with Gasteiger partial charge < -0.3 is 9.47 Å². The van der Waals surface area contributed by atoms with Crippen LogP contribution >= 0.6 is 0 Å². The molecule has 1 saturated heterocycles. The molecule has 0 saturated carbocycles. The van der Waals surface area contributed by atoms with Crippen molar-refractivity contribution < 1.29 is 14.4 Å². The SMILES string of the molecule is O=[N+]([O-])c1cnc2[nH]nc(OCC3COC3)c2c1. The summed E-state index contributed by atoms with van der Waals surface area (Å²) in [6.45, 7) is 1.85. The molecular formula is C10H10N4O4. The van der Waals surface area contributed by atoms with Gasteiger partial charge >= 0.3 is 0 Å². The van der Waals surface area contributed by atoms with E-state index >= 15 is 0 Å². The number of hydrogen-bond acceptors (Lipinski definition) is 6. The van der Waals surface area contributed by atoms with Crippen molar-refractivity contribution >= 4 is 16.7 Å². The van der Waals surface area contributed by atoms with Gasteiger partial charge in [-0.2, -0.15) is 0 Å². The fourth-order valence-corrected chi connectivity index (χ4v) is 1.66. The average Bonchev–Trinajstić information content (AvgIpc) is 2.69. The molecule has 8 nitrogen and oxygen atoms in total. The summed E-state index contributed by atoms with van der Waals surface area (Å²) >= 11 is 0. The highest BCUT2D eigenvalue weighted by Crippen LogP contribution is 2.25. The molecule has 0 amide bonds. The van der Waals surface area contributed by atoms with Gasteiger partial charge in [-0.1, -0.05) is 0 Å². The minimum Gasteiger partial charge on any atom is -0.476 e. The normalized spacial score (nSPS) is 15.6. The standard InChI is InChI=1S/C10H10N4O4/c15-14(16)7-1-8-9(11-2-7)12-13-10(8)18-5-6-3-17-4-6/h1-2,6H,3-5H2,(H,11,12,13). The molecule has 94 valence electrons. The molecule has 0 aliphatic carbocycles. The van der Waals surface area contributed by atoms with Crippen LogP contribution in [-0.2, 0) is 4.74 Å². The lowest BCUT2D eigenvalue weighted by Crippen LogP contribution is -2.32. The molecule has 3 heterocycles. The van der Waals surface area contributed by atoms with E-state index in [1.54, 1.807) is 0 Å². The molecule has 8 heteroatoms. The van der Waals surface area contributed by atoms with Crippen molar-refractivity contribution in [1.29, 1.82) is 0 Å². The third kappa shape index (κ3) is 1.86. The van der Waals surface area contributed by atoms with Gasteiger partial charge in [-0.05, 0) is 0 Å². The molecule has 18 heavy (non-hydrogen) atoms. The summed E-state index contributed by atoms with van der Waals surface area (Å²) in [5, 5.41) is 17.8. The second kappa shape index (κ2) is 4.22. The summed E-state index contributed by atoms with van der Waals surface area (Å²) in [5.74, 6) is 0.705. The highest BCUT2D eigenvalue weighted by Gasteiger charge is 2.21. The van der Waals surface area contributed by atoms with Crippen molar-refractivity contribution in [2.75, 3.05) is 19.8 Å². The number of ether oxygens (including phenoxy) is 2. The number of pyridine rings is 1. The van der Waals surface area contributed by atoms with Crippen LogP contribution in [0.5, 0.6) is 5.88 Å². The highest BCUT2D eigenvalue weighted by atomic mass is 16.6. The Labute approximate surface area is 101 Å². The zero-order chi connectivity index (χ0) is 12.5. The van der Waals surface area contributed by atoms with Crippen LogP contribution in [0.2, 0.25) is 0 Å². The molecule has 0 atom stereocenters. The molecule has 1 aliphatic heterocycles. The molecule has 0 bridgehead atoms. The maximum absolute atomic E-state index is 10.7. The molecule has 0 unspecified atom stereocenters. The largest absolute Gasteiger partial charge is 0.476 e. The first kappa shape index (κ1) is 10.9. The molecule has 1 fully saturated rings. The van der Waals surface area contributed by atoms with Crippen molar-refractivity contribution in [3.63, 3.8) is 0 Å². The Morgan fingerprint density at radius 2 is 2.44 bits per heavy atom. The Morgan fingerprint density at radius 3 is 3.11 bits per heavy atom. The van der Waals surface area contributed by atoms with E-state index in [9.17, 15) is 10.1 Å².